The first kappa shape index (κ1) is 10.2. The molecule has 0 aliphatic carbocycles. The molecule has 72 valence electrons. The molecule has 13 heavy (non-hydrogen) atoms. The average Bonchev–Trinajstić information content (AvgIpc) is 2.08. The fraction of sp³-hybridized carbons (Fsp3) is 0.500. The van der Waals surface area contributed by atoms with Gasteiger partial charge in [-0.15, -0.1) is 0 Å². The van der Waals surface area contributed by atoms with Crippen molar-refractivity contribution in [1.82, 2.24) is 0 Å². The molecule has 0 aromatic heterocycles. The van der Waals surface area contributed by atoms with Gasteiger partial charge in [-0.05, 0) is 23.5 Å². The van der Waals surface area contributed by atoms with Crippen LogP contribution in [0.3, 0.4) is 0 Å². The van der Waals surface area contributed by atoms with Crippen molar-refractivity contribution >= 4 is 0 Å². The zero-order valence-corrected chi connectivity index (χ0v) is 8.60. The minimum absolute atomic E-state index is 0.000602. The first-order valence-corrected chi connectivity index (χ1v) is 4.94. The minimum atomic E-state index is -0.000602. The zero-order valence-electron chi connectivity index (χ0n) is 8.60. The predicted molar refractivity (Wildman–Crippen MR) is 54.5 cm³/mol. The van der Waals surface area contributed by atoms with Gasteiger partial charge in [0.2, 0.25) is 0 Å². The lowest BCUT2D eigenvalue weighted by Crippen LogP contribution is -1.98. The summed E-state index contributed by atoms with van der Waals surface area (Å²) in [5.41, 5.74) is 1.69. The van der Waals surface area contributed by atoms with E-state index in [1.807, 2.05) is 32.0 Å². The summed E-state index contributed by atoms with van der Waals surface area (Å²) in [5, 5.41) is 0. The van der Waals surface area contributed by atoms with Gasteiger partial charge in [0, 0.05) is 0 Å². The minimum Gasteiger partial charge on any atom is -0.206 e. The topological polar surface area (TPSA) is 0 Å². The van der Waals surface area contributed by atoms with Crippen LogP contribution >= 0.6 is 0 Å². The molecule has 1 rings (SSSR count). The third-order valence-electron chi connectivity index (χ3n) is 2.25. The van der Waals surface area contributed by atoms with Gasteiger partial charge in [-0.1, -0.05) is 45.4 Å². The van der Waals surface area contributed by atoms with E-state index in [2.05, 4.69) is 6.92 Å². The van der Waals surface area contributed by atoms with E-state index in [9.17, 15) is 4.39 Å². The maximum Gasteiger partial charge on any atom is 0.129 e. The summed E-state index contributed by atoms with van der Waals surface area (Å²) in [7, 11) is 0. The van der Waals surface area contributed by atoms with Crippen LogP contribution in [0.5, 0.6) is 0 Å². The van der Waals surface area contributed by atoms with Gasteiger partial charge in [-0.3, -0.25) is 0 Å². The normalized spacial score (nSPS) is 10.8. The van der Waals surface area contributed by atoms with Crippen molar-refractivity contribution in [2.75, 3.05) is 0 Å². The Morgan fingerprint density at radius 3 is 2.54 bits per heavy atom. The molecule has 0 radical (unpaired) electrons. The molecule has 0 aliphatic heterocycles. The molecule has 0 amide bonds. The van der Waals surface area contributed by atoms with E-state index in [4.69, 9.17) is 0 Å². The molecule has 0 N–H and O–H groups in total. The van der Waals surface area contributed by atoms with Crippen LogP contribution in [0.15, 0.2) is 18.2 Å². The van der Waals surface area contributed by atoms with E-state index < -0.39 is 0 Å². The standard InChI is InChI=1S/C12H17F/c1-4-6-10-7-5-8-11(9(2)3)12(10)13/h5,7-9H,4,6H2,1-3H3. The quantitative estimate of drug-likeness (QED) is 0.661. The highest BCUT2D eigenvalue weighted by Crippen LogP contribution is 2.21. The van der Waals surface area contributed by atoms with E-state index in [-0.39, 0.29) is 11.7 Å². The predicted octanol–water partition coefficient (Wildman–Crippen LogP) is 3.90. The largest absolute Gasteiger partial charge is 0.206 e. The molecule has 1 aromatic carbocycles. The smallest absolute Gasteiger partial charge is 0.129 e. The second kappa shape index (κ2) is 4.40. The lowest BCUT2D eigenvalue weighted by molar-refractivity contribution is 0.580. The summed E-state index contributed by atoms with van der Waals surface area (Å²) in [6.07, 6.45) is 1.84. The Labute approximate surface area is 79.8 Å². The van der Waals surface area contributed by atoms with Crippen LogP contribution in [0.2, 0.25) is 0 Å². The molecule has 1 heteroatoms. The molecule has 0 unspecified atom stereocenters. The lowest BCUT2D eigenvalue weighted by atomic mass is 9.98. The Bertz CT molecular complexity index is 276. The number of rotatable bonds is 3. The molecular weight excluding hydrogens is 163 g/mol. The lowest BCUT2D eigenvalue weighted by Gasteiger charge is -2.09. The van der Waals surface area contributed by atoms with Gasteiger partial charge < -0.3 is 0 Å². The summed E-state index contributed by atoms with van der Waals surface area (Å²) in [5.74, 6) is 0.274. The fourth-order valence-corrected chi connectivity index (χ4v) is 1.51. The van der Waals surface area contributed by atoms with Crippen molar-refractivity contribution in [1.29, 1.82) is 0 Å². The molecule has 0 atom stereocenters. The van der Waals surface area contributed by atoms with Gasteiger partial charge in [0.1, 0.15) is 5.82 Å². The Balaban J connectivity index is 3.03. The number of halogens is 1. The summed E-state index contributed by atoms with van der Waals surface area (Å²) >= 11 is 0. The average molecular weight is 180 g/mol. The van der Waals surface area contributed by atoms with E-state index in [0.717, 1.165) is 24.0 Å². The van der Waals surface area contributed by atoms with E-state index in [1.54, 1.807) is 0 Å². The number of benzene rings is 1. The molecule has 0 fully saturated rings. The van der Waals surface area contributed by atoms with Crippen LogP contribution < -0.4 is 0 Å². The Hall–Kier alpha value is -0.850. The zero-order chi connectivity index (χ0) is 9.84. The highest BCUT2D eigenvalue weighted by molar-refractivity contribution is 5.28. The van der Waals surface area contributed by atoms with Crippen molar-refractivity contribution in [3.05, 3.63) is 35.1 Å². The van der Waals surface area contributed by atoms with Crippen LogP contribution in [0.4, 0.5) is 4.39 Å². The van der Waals surface area contributed by atoms with Gasteiger partial charge in [-0.25, -0.2) is 4.39 Å². The molecule has 0 bridgehead atoms. The third kappa shape index (κ3) is 2.30. The van der Waals surface area contributed by atoms with E-state index in [0.29, 0.717) is 0 Å². The Kier molecular flexibility index (Phi) is 3.47. The van der Waals surface area contributed by atoms with E-state index in [1.165, 1.54) is 0 Å². The van der Waals surface area contributed by atoms with Gasteiger partial charge in [0.25, 0.3) is 0 Å². The van der Waals surface area contributed by atoms with Crippen molar-refractivity contribution in [2.45, 2.75) is 39.5 Å². The molecule has 0 saturated heterocycles. The van der Waals surface area contributed by atoms with Crippen molar-refractivity contribution in [3.8, 4) is 0 Å². The van der Waals surface area contributed by atoms with Crippen LogP contribution in [0, 0.1) is 5.82 Å². The SMILES string of the molecule is CCCc1cccc(C(C)C)c1F. The van der Waals surface area contributed by atoms with Crippen LogP contribution in [0.25, 0.3) is 0 Å². The van der Waals surface area contributed by atoms with Gasteiger partial charge >= 0.3 is 0 Å². The molecule has 0 saturated carbocycles. The molecule has 0 spiro atoms. The van der Waals surface area contributed by atoms with Gasteiger partial charge in [0.15, 0.2) is 0 Å². The first-order valence-electron chi connectivity index (χ1n) is 4.94. The monoisotopic (exact) mass is 180 g/mol. The van der Waals surface area contributed by atoms with Crippen molar-refractivity contribution < 1.29 is 4.39 Å². The number of aryl methyl sites for hydroxylation is 1. The summed E-state index contributed by atoms with van der Waals surface area (Å²) in [4.78, 5) is 0. The molecule has 0 aliphatic rings. The van der Waals surface area contributed by atoms with Crippen LogP contribution in [-0.4, -0.2) is 0 Å². The Morgan fingerprint density at radius 1 is 1.31 bits per heavy atom. The Morgan fingerprint density at radius 2 is 2.00 bits per heavy atom. The van der Waals surface area contributed by atoms with Crippen LogP contribution in [-0.2, 0) is 6.42 Å². The molecule has 0 heterocycles. The maximum atomic E-state index is 13.7. The number of hydrogen-bond donors (Lipinski definition) is 0. The van der Waals surface area contributed by atoms with Gasteiger partial charge in [-0.2, -0.15) is 0 Å². The summed E-state index contributed by atoms with van der Waals surface area (Å²) in [6.45, 7) is 6.11. The summed E-state index contributed by atoms with van der Waals surface area (Å²) < 4.78 is 13.7. The first-order chi connectivity index (χ1) is 6.16. The molecular formula is C12H17F. The van der Waals surface area contributed by atoms with Crippen molar-refractivity contribution in [2.24, 2.45) is 0 Å². The van der Waals surface area contributed by atoms with Crippen LogP contribution in [0.1, 0.15) is 44.2 Å². The van der Waals surface area contributed by atoms with Crippen molar-refractivity contribution in [3.63, 3.8) is 0 Å². The number of hydrogen-bond acceptors (Lipinski definition) is 0. The highest BCUT2D eigenvalue weighted by atomic mass is 19.1. The fourth-order valence-electron chi connectivity index (χ4n) is 1.51. The van der Waals surface area contributed by atoms with Gasteiger partial charge in [0.05, 0.1) is 0 Å². The summed E-state index contributed by atoms with van der Waals surface area (Å²) in [6, 6.07) is 5.70. The third-order valence-corrected chi connectivity index (χ3v) is 2.25. The molecule has 0 nitrogen and oxygen atoms in total. The highest BCUT2D eigenvalue weighted by Gasteiger charge is 2.09. The maximum absolute atomic E-state index is 13.7. The second-order valence-corrected chi connectivity index (χ2v) is 3.73. The molecule has 1 aromatic rings. The van der Waals surface area contributed by atoms with E-state index >= 15 is 0 Å². The second-order valence-electron chi connectivity index (χ2n) is 3.73.